The number of carbonyl (C=O) groups is 2. The van der Waals surface area contributed by atoms with Crippen molar-refractivity contribution in [1.82, 2.24) is 31.2 Å². The Morgan fingerprint density at radius 2 is 1.21 bits per heavy atom. The fourth-order valence-corrected chi connectivity index (χ4v) is 4.95. The van der Waals surface area contributed by atoms with Gasteiger partial charge in [-0.2, -0.15) is 0 Å². The largest absolute Gasteiger partial charge is 0.478 e. The van der Waals surface area contributed by atoms with Crippen LogP contribution in [0.2, 0.25) is 10.0 Å². The Kier molecular flexibility index (Phi) is 15.2. The van der Waals surface area contributed by atoms with E-state index in [1.54, 1.807) is 12.3 Å². The number of carboxylic acids is 1. The number of ether oxygens (including phenoxy) is 1. The molecule has 12 nitrogen and oxygen atoms in total. The summed E-state index contributed by atoms with van der Waals surface area (Å²) in [5, 5.41) is 22.6. The molecule has 2 aromatic rings. The van der Waals surface area contributed by atoms with Crippen molar-refractivity contribution in [1.29, 1.82) is 0 Å². The van der Waals surface area contributed by atoms with Gasteiger partial charge in [0.05, 0.1) is 27.8 Å². The number of aromatic carboxylic acids is 1. The molecular weight excluding hydrogens is 595 g/mol. The molecule has 3 saturated heterocycles. The van der Waals surface area contributed by atoms with Gasteiger partial charge in [0.1, 0.15) is 11.6 Å². The highest BCUT2D eigenvalue weighted by Crippen LogP contribution is 2.25. The van der Waals surface area contributed by atoms with E-state index in [1.165, 1.54) is 12.3 Å². The van der Waals surface area contributed by atoms with Crippen molar-refractivity contribution in [3.05, 3.63) is 45.7 Å². The van der Waals surface area contributed by atoms with Crippen LogP contribution in [-0.4, -0.2) is 112 Å². The summed E-state index contributed by atoms with van der Waals surface area (Å²) in [4.78, 5) is 35.2. The minimum Gasteiger partial charge on any atom is -0.478 e. The van der Waals surface area contributed by atoms with E-state index >= 15 is 0 Å². The lowest BCUT2D eigenvalue weighted by atomic mass is 10.1. The van der Waals surface area contributed by atoms with Gasteiger partial charge in [0.2, 0.25) is 0 Å². The molecule has 14 heteroatoms. The van der Waals surface area contributed by atoms with E-state index in [4.69, 9.17) is 33.0 Å². The number of carboxylic acid groups (broad SMARTS) is 1. The zero-order chi connectivity index (χ0) is 31.0. The number of piperazine rings is 3. The summed E-state index contributed by atoms with van der Waals surface area (Å²) in [5.41, 5.74) is 0.520. The lowest BCUT2D eigenvalue weighted by Crippen LogP contribution is -2.44. The van der Waals surface area contributed by atoms with Crippen molar-refractivity contribution in [3.8, 4) is 0 Å². The monoisotopic (exact) mass is 638 g/mol. The third-order valence-electron chi connectivity index (χ3n) is 6.84. The normalized spacial score (nSPS) is 16.9. The van der Waals surface area contributed by atoms with Crippen LogP contribution in [0.4, 0.5) is 11.6 Å². The van der Waals surface area contributed by atoms with Crippen LogP contribution in [0.25, 0.3) is 0 Å². The molecule has 3 aliphatic heterocycles. The van der Waals surface area contributed by atoms with E-state index in [1.807, 2.05) is 4.90 Å². The molecule has 3 fully saturated rings. The summed E-state index contributed by atoms with van der Waals surface area (Å²) in [6.45, 7) is 16.2. The van der Waals surface area contributed by atoms with Gasteiger partial charge in [-0.25, -0.2) is 19.6 Å². The number of aromatic nitrogens is 2. The molecule has 2 aromatic heterocycles. The van der Waals surface area contributed by atoms with Crippen molar-refractivity contribution in [3.63, 3.8) is 0 Å². The molecule has 0 amide bonds. The number of esters is 1. The number of rotatable bonds is 7. The van der Waals surface area contributed by atoms with Gasteiger partial charge in [-0.05, 0) is 24.5 Å². The molecule has 43 heavy (non-hydrogen) atoms. The molecule has 0 aromatic carbocycles. The summed E-state index contributed by atoms with van der Waals surface area (Å²) < 4.78 is 5.22. The molecule has 0 aliphatic carbocycles. The summed E-state index contributed by atoms with van der Waals surface area (Å²) in [6, 6.07) is 3.08. The summed E-state index contributed by atoms with van der Waals surface area (Å²) in [6.07, 6.45) is 3.73. The maximum atomic E-state index is 11.9. The lowest BCUT2D eigenvalue weighted by molar-refractivity contribution is 0.0487. The fourth-order valence-electron chi connectivity index (χ4n) is 4.38. The van der Waals surface area contributed by atoms with E-state index < -0.39 is 5.97 Å². The molecule has 0 unspecified atom stereocenters. The fraction of sp³-hybridized carbons (Fsp3) is 0.586. The molecule has 238 valence electrons. The summed E-state index contributed by atoms with van der Waals surface area (Å²) in [7, 11) is 0. The topological polar surface area (TPSA) is 144 Å². The maximum Gasteiger partial charge on any atom is 0.339 e. The predicted molar refractivity (Wildman–Crippen MR) is 171 cm³/mol. The molecule has 5 heterocycles. The number of halogens is 2. The minimum atomic E-state index is -1.01. The van der Waals surface area contributed by atoms with Crippen LogP contribution >= 0.6 is 23.2 Å². The standard InChI is InChI=1S/C15H22ClN3O2.C10H12ClN3O2.C4H10N2/c1-11(2)3-8-21-15(20)12-9-13(16)14(18-10-12)19-6-4-17-5-7-19;11-8-5-7(10(15)16)6-13-9(8)14-3-1-12-2-4-14;1-2-6-4-3-5-1/h9-11,17H,3-8H2,1-2H3;5-6,12H,1-4H2,(H,15,16);5-6H,1-4H2. The summed E-state index contributed by atoms with van der Waals surface area (Å²) in [5.74, 6) is 0.526. The third kappa shape index (κ3) is 12.0. The zero-order valence-corrected chi connectivity index (χ0v) is 26.5. The Hall–Kier alpha value is -2.74. The molecule has 0 bridgehead atoms. The molecule has 0 spiro atoms. The van der Waals surface area contributed by atoms with Crippen LogP contribution in [0.1, 0.15) is 41.0 Å². The second-order valence-corrected chi connectivity index (χ2v) is 11.5. The second kappa shape index (κ2) is 18.8. The number of hydrogen-bond acceptors (Lipinski definition) is 11. The quantitative estimate of drug-likeness (QED) is 0.284. The van der Waals surface area contributed by atoms with Crippen LogP contribution in [0.15, 0.2) is 24.5 Å². The molecular formula is C29H44Cl2N8O4. The van der Waals surface area contributed by atoms with Crippen molar-refractivity contribution >= 4 is 46.8 Å². The van der Waals surface area contributed by atoms with Crippen molar-refractivity contribution in [2.45, 2.75) is 20.3 Å². The number of pyridine rings is 2. The molecule has 3 aliphatic rings. The Labute approximate surface area is 263 Å². The van der Waals surface area contributed by atoms with Crippen LogP contribution < -0.4 is 31.1 Å². The van der Waals surface area contributed by atoms with Crippen molar-refractivity contribution in [2.24, 2.45) is 5.92 Å². The maximum absolute atomic E-state index is 11.9. The van der Waals surface area contributed by atoms with Gasteiger partial charge in [0.25, 0.3) is 0 Å². The van der Waals surface area contributed by atoms with Gasteiger partial charge >= 0.3 is 11.9 Å². The lowest BCUT2D eigenvalue weighted by Gasteiger charge is -2.29. The SMILES string of the molecule is C1CNCCN1.CC(C)CCOC(=O)c1cnc(N2CCNCC2)c(Cl)c1.O=C(O)c1cnc(N2CCNCC2)c(Cl)c1. The van der Waals surface area contributed by atoms with E-state index in [-0.39, 0.29) is 11.5 Å². The third-order valence-corrected chi connectivity index (χ3v) is 7.40. The Balaban J connectivity index is 0.000000202. The molecule has 5 N–H and O–H groups in total. The molecule has 0 radical (unpaired) electrons. The Bertz CT molecular complexity index is 1150. The number of carbonyl (C=O) groups excluding carboxylic acids is 1. The van der Waals surface area contributed by atoms with E-state index in [0.717, 1.165) is 90.8 Å². The summed E-state index contributed by atoms with van der Waals surface area (Å²) >= 11 is 12.3. The van der Waals surface area contributed by atoms with Crippen molar-refractivity contribution in [2.75, 3.05) is 94.9 Å². The van der Waals surface area contributed by atoms with E-state index in [0.29, 0.717) is 34.0 Å². The highest BCUT2D eigenvalue weighted by atomic mass is 35.5. The minimum absolute atomic E-state index is 0.115. The Morgan fingerprint density at radius 3 is 1.60 bits per heavy atom. The number of hydrogen-bond donors (Lipinski definition) is 5. The average molecular weight is 640 g/mol. The van der Waals surface area contributed by atoms with Gasteiger partial charge in [-0.15, -0.1) is 0 Å². The predicted octanol–water partition coefficient (Wildman–Crippen LogP) is 2.37. The van der Waals surface area contributed by atoms with Gasteiger partial charge in [0.15, 0.2) is 0 Å². The van der Waals surface area contributed by atoms with Crippen molar-refractivity contribution < 1.29 is 19.4 Å². The Morgan fingerprint density at radius 1 is 0.791 bits per heavy atom. The van der Waals surface area contributed by atoms with Crippen LogP contribution in [0.5, 0.6) is 0 Å². The highest BCUT2D eigenvalue weighted by Gasteiger charge is 2.18. The van der Waals surface area contributed by atoms with Crippen LogP contribution in [0.3, 0.4) is 0 Å². The van der Waals surface area contributed by atoms with E-state index in [2.05, 4.69) is 50.0 Å². The number of nitrogens with zero attached hydrogens (tertiary/aromatic N) is 4. The van der Waals surface area contributed by atoms with Gasteiger partial charge in [-0.1, -0.05) is 37.0 Å². The first-order chi connectivity index (χ1) is 20.8. The molecule has 0 atom stereocenters. The smallest absolute Gasteiger partial charge is 0.339 e. The van der Waals surface area contributed by atoms with Crippen LogP contribution in [-0.2, 0) is 4.74 Å². The zero-order valence-electron chi connectivity index (χ0n) is 25.0. The molecule has 5 rings (SSSR count). The van der Waals surface area contributed by atoms with Gasteiger partial charge in [0, 0.05) is 90.9 Å². The first-order valence-corrected chi connectivity index (χ1v) is 15.6. The molecule has 0 saturated carbocycles. The second-order valence-electron chi connectivity index (χ2n) is 10.7. The first-order valence-electron chi connectivity index (χ1n) is 14.8. The van der Waals surface area contributed by atoms with Gasteiger partial charge < -0.3 is 40.9 Å². The average Bonchev–Trinajstić information content (AvgIpc) is 3.03. The highest BCUT2D eigenvalue weighted by molar-refractivity contribution is 6.33. The first kappa shape index (κ1) is 34.7. The number of anilines is 2. The number of nitrogens with one attached hydrogen (secondary N) is 4. The van der Waals surface area contributed by atoms with E-state index in [9.17, 15) is 9.59 Å². The van der Waals surface area contributed by atoms with Gasteiger partial charge in [-0.3, -0.25) is 0 Å². The van der Waals surface area contributed by atoms with Crippen LogP contribution in [0, 0.1) is 5.92 Å².